The lowest BCUT2D eigenvalue weighted by Crippen LogP contribution is -2.46. The highest BCUT2D eigenvalue weighted by molar-refractivity contribution is 5.99. The van der Waals surface area contributed by atoms with Crippen LogP contribution in [0.5, 0.6) is 0 Å². The molecule has 11 nitrogen and oxygen atoms in total. The van der Waals surface area contributed by atoms with Gasteiger partial charge in [-0.3, -0.25) is 9.80 Å². The molecule has 2 heterocycles. The summed E-state index contributed by atoms with van der Waals surface area (Å²) in [6.07, 6.45) is 3.78. The minimum Gasteiger partial charge on any atom is -0.365 e. The van der Waals surface area contributed by atoms with E-state index in [1.807, 2.05) is 19.9 Å². The Morgan fingerprint density at radius 3 is 2.58 bits per heavy atom. The Labute approximate surface area is 178 Å². The van der Waals surface area contributed by atoms with E-state index in [0.717, 1.165) is 5.01 Å². The summed E-state index contributed by atoms with van der Waals surface area (Å²) in [5.41, 5.74) is 6.77. The molecule has 0 saturated heterocycles. The summed E-state index contributed by atoms with van der Waals surface area (Å²) in [7, 11) is 0. The second-order valence-electron chi connectivity index (χ2n) is 7.00. The molecule has 2 aromatic heterocycles. The van der Waals surface area contributed by atoms with Crippen molar-refractivity contribution in [3.63, 3.8) is 0 Å². The van der Waals surface area contributed by atoms with Gasteiger partial charge >= 0.3 is 0 Å². The van der Waals surface area contributed by atoms with Crippen molar-refractivity contribution < 1.29 is 9.59 Å². The molecular weight excluding hydrogens is 398 g/mol. The largest absolute Gasteiger partial charge is 0.365 e. The fourth-order valence-corrected chi connectivity index (χ4v) is 2.94. The molecule has 11 heteroatoms. The summed E-state index contributed by atoms with van der Waals surface area (Å²) in [5, 5.41) is 21.9. The maximum Gasteiger partial charge on any atom is 0.252 e. The van der Waals surface area contributed by atoms with Crippen molar-refractivity contribution >= 4 is 29.5 Å². The molecule has 0 spiro atoms. The van der Waals surface area contributed by atoms with Crippen molar-refractivity contribution in [2.75, 3.05) is 10.3 Å². The van der Waals surface area contributed by atoms with Crippen LogP contribution in [0.3, 0.4) is 0 Å². The van der Waals surface area contributed by atoms with Crippen molar-refractivity contribution in [1.82, 2.24) is 20.0 Å². The Balaban J connectivity index is 2.07. The first-order valence-corrected chi connectivity index (χ1v) is 9.33. The van der Waals surface area contributed by atoms with Gasteiger partial charge in [0.1, 0.15) is 24.2 Å². The fraction of sp³-hybridized carbons (Fsp3) is 0.200. The van der Waals surface area contributed by atoms with Crippen LogP contribution in [0.2, 0.25) is 0 Å². The molecule has 0 fully saturated rings. The number of primary amides is 1. The van der Waals surface area contributed by atoms with Crippen molar-refractivity contribution in [2.45, 2.75) is 19.9 Å². The highest BCUT2D eigenvalue weighted by Crippen LogP contribution is 2.27. The third-order valence-corrected chi connectivity index (χ3v) is 4.54. The lowest BCUT2D eigenvalue weighted by atomic mass is 10.0. The number of aldehydes is 1. The highest BCUT2D eigenvalue weighted by atomic mass is 16.1. The van der Waals surface area contributed by atoms with E-state index in [1.54, 1.807) is 36.7 Å². The smallest absolute Gasteiger partial charge is 0.252 e. The van der Waals surface area contributed by atoms with E-state index in [9.17, 15) is 14.9 Å². The Morgan fingerprint density at radius 2 is 2.00 bits per heavy atom. The predicted molar refractivity (Wildman–Crippen MR) is 113 cm³/mol. The first-order chi connectivity index (χ1) is 14.8. The summed E-state index contributed by atoms with van der Waals surface area (Å²) >= 11 is 0. The molecule has 5 N–H and O–H groups in total. The number of nitrogens with two attached hydrogens (primary N) is 2. The summed E-state index contributed by atoms with van der Waals surface area (Å²) in [4.78, 5) is 29.3. The zero-order valence-electron chi connectivity index (χ0n) is 16.9. The molecule has 158 valence electrons. The van der Waals surface area contributed by atoms with Gasteiger partial charge in [-0.25, -0.2) is 10.8 Å². The molecule has 3 rings (SSSR count). The number of anilines is 3. The van der Waals surface area contributed by atoms with Crippen LogP contribution < -0.4 is 21.9 Å². The first-order valence-electron chi connectivity index (χ1n) is 9.33. The van der Waals surface area contributed by atoms with Crippen LogP contribution in [0.1, 0.15) is 29.8 Å². The van der Waals surface area contributed by atoms with Crippen molar-refractivity contribution in [2.24, 2.45) is 17.5 Å². The van der Waals surface area contributed by atoms with Gasteiger partial charge < -0.3 is 15.8 Å². The van der Waals surface area contributed by atoms with Crippen LogP contribution in [0, 0.1) is 17.2 Å². The highest BCUT2D eigenvalue weighted by Gasteiger charge is 2.25. The second-order valence-corrected chi connectivity index (χ2v) is 7.00. The standard InChI is InChI=1S/C20H21N9O2/c1-12(2)17(11-30)28(23)20-13(10-21)8-16(18(22)31)19(27-20)26-14-4-3-5-15(9-14)29-24-6-7-25-29/h3-9,11-12,17H,23H2,1-2H3,(H2,22,31)(H,26,27). The third kappa shape index (κ3) is 4.49. The molecular formula is C20H21N9O2. The summed E-state index contributed by atoms with van der Waals surface area (Å²) in [6.45, 7) is 3.63. The minimum atomic E-state index is -0.776. The number of nitriles is 1. The van der Waals surface area contributed by atoms with Crippen LogP contribution in [-0.2, 0) is 4.79 Å². The lowest BCUT2D eigenvalue weighted by Gasteiger charge is -2.28. The number of nitrogens with one attached hydrogen (secondary N) is 1. The molecule has 0 bridgehead atoms. The van der Waals surface area contributed by atoms with Crippen LogP contribution in [-0.4, -0.2) is 38.2 Å². The fourth-order valence-electron chi connectivity index (χ4n) is 2.94. The van der Waals surface area contributed by atoms with E-state index in [1.165, 1.54) is 10.9 Å². The van der Waals surface area contributed by atoms with Crippen LogP contribution in [0.25, 0.3) is 5.69 Å². The van der Waals surface area contributed by atoms with Crippen molar-refractivity contribution in [3.8, 4) is 11.8 Å². The van der Waals surface area contributed by atoms with E-state index in [2.05, 4.69) is 20.5 Å². The number of nitrogens with zero attached hydrogens (tertiary/aromatic N) is 6. The zero-order chi connectivity index (χ0) is 22.5. The van der Waals surface area contributed by atoms with Crippen molar-refractivity contribution in [1.29, 1.82) is 5.26 Å². The van der Waals surface area contributed by atoms with Gasteiger partial charge in [-0.2, -0.15) is 20.3 Å². The van der Waals surface area contributed by atoms with E-state index < -0.39 is 11.9 Å². The van der Waals surface area contributed by atoms with Gasteiger partial charge in [-0.05, 0) is 30.2 Å². The first kappa shape index (κ1) is 21.4. The lowest BCUT2D eigenvalue weighted by molar-refractivity contribution is -0.109. The van der Waals surface area contributed by atoms with E-state index >= 15 is 0 Å². The molecule has 0 aliphatic rings. The number of amides is 1. The minimum absolute atomic E-state index is 0.00326. The van der Waals surface area contributed by atoms with E-state index in [0.29, 0.717) is 17.7 Å². The number of aromatic nitrogens is 4. The van der Waals surface area contributed by atoms with E-state index in [-0.39, 0.29) is 28.7 Å². The molecule has 1 unspecified atom stereocenters. The predicted octanol–water partition coefficient (Wildman–Crippen LogP) is 1.28. The number of carbonyl (C=O) groups excluding carboxylic acids is 2. The number of hydrogen-bond donors (Lipinski definition) is 3. The Morgan fingerprint density at radius 1 is 1.29 bits per heavy atom. The van der Waals surface area contributed by atoms with Gasteiger partial charge in [0.2, 0.25) is 0 Å². The van der Waals surface area contributed by atoms with Gasteiger partial charge in [-0.15, -0.1) is 0 Å². The van der Waals surface area contributed by atoms with Gasteiger partial charge in [0.05, 0.1) is 29.2 Å². The molecule has 31 heavy (non-hydrogen) atoms. The van der Waals surface area contributed by atoms with Gasteiger partial charge in [-0.1, -0.05) is 19.9 Å². The maximum absolute atomic E-state index is 12.0. The van der Waals surface area contributed by atoms with Crippen LogP contribution >= 0.6 is 0 Å². The average molecular weight is 419 g/mol. The zero-order valence-corrected chi connectivity index (χ0v) is 16.9. The Hall–Kier alpha value is -4.30. The van der Waals surface area contributed by atoms with Gasteiger partial charge in [0, 0.05) is 5.69 Å². The number of carbonyl (C=O) groups is 2. The average Bonchev–Trinajstić information content (AvgIpc) is 3.28. The molecule has 1 amide bonds. The quantitative estimate of drug-likeness (QED) is 0.276. The number of benzene rings is 1. The molecule has 0 radical (unpaired) electrons. The SMILES string of the molecule is CC(C)C(C=O)N(N)c1nc(Nc2cccc(-n3nccn3)c2)c(C(N)=O)cc1C#N. The molecule has 0 aliphatic carbocycles. The Kier molecular flexibility index (Phi) is 6.23. The molecule has 1 aromatic carbocycles. The molecule has 0 aliphatic heterocycles. The number of pyridine rings is 1. The van der Waals surface area contributed by atoms with Crippen LogP contribution in [0.4, 0.5) is 17.3 Å². The topological polar surface area (TPSA) is 169 Å². The number of hydrazine groups is 1. The summed E-state index contributed by atoms with van der Waals surface area (Å²) in [5.74, 6) is 5.36. The molecule has 3 aromatic rings. The Bertz CT molecular complexity index is 1140. The van der Waals surface area contributed by atoms with E-state index in [4.69, 9.17) is 11.6 Å². The normalized spacial score (nSPS) is 11.6. The van der Waals surface area contributed by atoms with Crippen molar-refractivity contribution in [3.05, 3.63) is 53.9 Å². The third-order valence-electron chi connectivity index (χ3n) is 4.54. The summed E-state index contributed by atoms with van der Waals surface area (Å²) in [6, 6.07) is 9.60. The monoisotopic (exact) mass is 419 g/mol. The maximum atomic E-state index is 12.0. The van der Waals surface area contributed by atoms with Gasteiger partial charge in [0.25, 0.3) is 5.91 Å². The second kappa shape index (κ2) is 9.02. The summed E-state index contributed by atoms with van der Waals surface area (Å²) < 4.78 is 0. The van der Waals surface area contributed by atoms with Crippen LogP contribution in [0.15, 0.2) is 42.7 Å². The molecule has 0 saturated carbocycles. The van der Waals surface area contributed by atoms with Gasteiger partial charge in [0.15, 0.2) is 5.82 Å². The number of hydrogen-bond acceptors (Lipinski definition) is 9. The number of rotatable bonds is 8. The molecule has 1 atom stereocenters.